The van der Waals surface area contributed by atoms with Crippen LogP contribution in [0.4, 0.5) is 15.8 Å². The molecule has 2 aromatic rings. The van der Waals surface area contributed by atoms with Gasteiger partial charge < -0.3 is 0 Å². The summed E-state index contributed by atoms with van der Waals surface area (Å²) in [6.07, 6.45) is 1.11. The Morgan fingerprint density at radius 3 is 2.00 bits per heavy atom. The Kier molecular flexibility index (Phi) is 4.54. The van der Waals surface area contributed by atoms with Crippen LogP contribution in [-0.4, -0.2) is 20.2 Å². The van der Waals surface area contributed by atoms with Crippen LogP contribution in [0, 0.1) is 5.82 Å². The van der Waals surface area contributed by atoms with Crippen molar-refractivity contribution >= 4 is 33.2 Å². The third-order valence-corrected chi connectivity index (χ3v) is 5.18. The molecule has 0 saturated carbocycles. The van der Waals surface area contributed by atoms with E-state index in [-0.39, 0.29) is 35.2 Å². The Labute approximate surface area is 144 Å². The van der Waals surface area contributed by atoms with E-state index in [1.165, 1.54) is 36.4 Å². The maximum absolute atomic E-state index is 12.9. The van der Waals surface area contributed by atoms with Crippen molar-refractivity contribution in [3.8, 4) is 0 Å². The minimum Gasteiger partial charge on any atom is -0.280 e. The van der Waals surface area contributed by atoms with Gasteiger partial charge in [0.05, 0.1) is 10.6 Å². The number of hydrogen-bond acceptors (Lipinski definition) is 4. The molecule has 2 aromatic carbocycles. The standard InChI is InChI=1S/C17H15FN2O4S/c18-12-4-6-13(7-5-12)19-25(23,24)15-10-8-14(9-11-15)20-16(21)2-1-3-17(20)22/h4-11,19H,1-3H2. The van der Waals surface area contributed by atoms with Crippen LogP contribution < -0.4 is 9.62 Å². The molecule has 0 atom stereocenters. The maximum Gasteiger partial charge on any atom is 0.261 e. The zero-order valence-electron chi connectivity index (χ0n) is 13.1. The predicted octanol–water partition coefficient (Wildman–Crippen LogP) is 2.67. The van der Waals surface area contributed by atoms with E-state index in [0.717, 1.165) is 17.0 Å². The highest BCUT2D eigenvalue weighted by atomic mass is 32.2. The Bertz CT molecular complexity index is 893. The first-order valence-corrected chi connectivity index (χ1v) is 9.09. The number of piperidine rings is 1. The van der Waals surface area contributed by atoms with E-state index >= 15 is 0 Å². The van der Waals surface area contributed by atoms with E-state index in [4.69, 9.17) is 0 Å². The lowest BCUT2D eigenvalue weighted by molar-refractivity contribution is -0.129. The topological polar surface area (TPSA) is 83.6 Å². The minimum atomic E-state index is -3.86. The monoisotopic (exact) mass is 362 g/mol. The molecule has 6 nitrogen and oxygen atoms in total. The van der Waals surface area contributed by atoms with E-state index < -0.39 is 15.8 Å². The molecule has 2 amide bonds. The van der Waals surface area contributed by atoms with Gasteiger partial charge in [-0.3, -0.25) is 19.2 Å². The van der Waals surface area contributed by atoms with Gasteiger partial charge in [0, 0.05) is 18.5 Å². The number of nitrogens with one attached hydrogen (secondary N) is 1. The second kappa shape index (κ2) is 6.64. The lowest BCUT2D eigenvalue weighted by Gasteiger charge is -2.24. The van der Waals surface area contributed by atoms with Gasteiger partial charge in [-0.05, 0) is 55.0 Å². The van der Waals surface area contributed by atoms with Crippen LogP contribution in [0.5, 0.6) is 0 Å². The van der Waals surface area contributed by atoms with Gasteiger partial charge in [-0.2, -0.15) is 0 Å². The summed E-state index contributed by atoms with van der Waals surface area (Å²) in [4.78, 5) is 24.8. The number of nitrogens with zero attached hydrogens (tertiary/aromatic N) is 1. The van der Waals surface area contributed by atoms with Crippen molar-refractivity contribution < 1.29 is 22.4 Å². The smallest absolute Gasteiger partial charge is 0.261 e. The number of carbonyl (C=O) groups excluding carboxylic acids is 2. The van der Waals surface area contributed by atoms with E-state index in [1.807, 2.05) is 0 Å². The molecule has 130 valence electrons. The van der Waals surface area contributed by atoms with Crippen LogP contribution in [-0.2, 0) is 19.6 Å². The first kappa shape index (κ1) is 17.1. The molecule has 25 heavy (non-hydrogen) atoms. The number of benzene rings is 2. The van der Waals surface area contributed by atoms with Gasteiger partial charge in [0.1, 0.15) is 5.82 Å². The molecule has 1 fully saturated rings. The molecular weight excluding hydrogens is 347 g/mol. The number of rotatable bonds is 4. The van der Waals surface area contributed by atoms with Gasteiger partial charge in [-0.15, -0.1) is 0 Å². The van der Waals surface area contributed by atoms with Crippen LogP contribution in [0.25, 0.3) is 0 Å². The third kappa shape index (κ3) is 3.69. The van der Waals surface area contributed by atoms with E-state index in [0.29, 0.717) is 12.1 Å². The lowest BCUT2D eigenvalue weighted by Crippen LogP contribution is -2.40. The van der Waals surface area contributed by atoms with Crippen LogP contribution in [0.1, 0.15) is 19.3 Å². The molecule has 1 aliphatic rings. The molecule has 1 N–H and O–H groups in total. The van der Waals surface area contributed by atoms with Gasteiger partial charge in [0.15, 0.2) is 0 Å². The largest absolute Gasteiger partial charge is 0.280 e. The van der Waals surface area contributed by atoms with E-state index in [2.05, 4.69) is 4.72 Å². The van der Waals surface area contributed by atoms with Crippen molar-refractivity contribution in [1.29, 1.82) is 0 Å². The first-order valence-electron chi connectivity index (χ1n) is 7.61. The first-order chi connectivity index (χ1) is 11.9. The van der Waals surface area contributed by atoms with Gasteiger partial charge in [0.2, 0.25) is 11.8 Å². The molecule has 3 rings (SSSR count). The molecule has 1 saturated heterocycles. The average molecular weight is 362 g/mol. The summed E-state index contributed by atoms with van der Waals surface area (Å²) in [7, 11) is -3.86. The number of anilines is 2. The molecule has 0 aliphatic carbocycles. The summed E-state index contributed by atoms with van der Waals surface area (Å²) in [5.41, 5.74) is 0.572. The third-order valence-electron chi connectivity index (χ3n) is 3.78. The average Bonchev–Trinajstić information content (AvgIpc) is 2.57. The van der Waals surface area contributed by atoms with E-state index in [1.54, 1.807) is 0 Å². The number of hydrogen-bond donors (Lipinski definition) is 1. The molecule has 0 unspecified atom stereocenters. The number of carbonyl (C=O) groups is 2. The molecule has 0 radical (unpaired) electrons. The zero-order chi connectivity index (χ0) is 18.0. The number of halogens is 1. The normalized spacial score (nSPS) is 15.3. The zero-order valence-corrected chi connectivity index (χ0v) is 13.9. The summed E-state index contributed by atoms with van der Waals surface area (Å²) < 4.78 is 39.9. The van der Waals surface area contributed by atoms with Crippen LogP contribution >= 0.6 is 0 Å². The highest BCUT2D eigenvalue weighted by Gasteiger charge is 2.27. The fourth-order valence-electron chi connectivity index (χ4n) is 2.55. The molecule has 0 aromatic heterocycles. The second-order valence-corrected chi connectivity index (χ2v) is 7.27. The molecule has 8 heteroatoms. The Hall–Kier alpha value is -2.74. The van der Waals surface area contributed by atoms with Gasteiger partial charge in [0.25, 0.3) is 10.0 Å². The van der Waals surface area contributed by atoms with Crippen LogP contribution in [0.2, 0.25) is 0 Å². The number of sulfonamides is 1. The Morgan fingerprint density at radius 2 is 1.44 bits per heavy atom. The molecule has 0 bridgehead atoms. The van der Waals surface area contributed by atoms with Crippen molar-refractivity contribution in [2.24, 2.45) is 0 Å². The lowest BCUT2D eigenvalue weighted by atomic mass is 10.1. The SMILES string of the molecule is O=C1CCCC(=O)N1c1ccc(S(=O)(=O)Nc2ccc(F)cc2)cc1. The fraction of sp³-hybridized carbons (Fsp3) is 0.176. The number of amides is 2. The van der Waals surface area contributed by atoms with Crippen molar-refractivity contribution in [2.45, 2.75) is 24.2 Å². The van der Waals surface area contributed by atoms with Crippen molar-refractivity contribution in [1.82, 2.24) is 0 Å². The highest BCUT2D eigenvalue weighted by Crippen LogP contribution is 2.24. The minimum absolute atomic E-state index is 0.0301. The fourth-order valence-corrected chi connectivity index (χ4v) is 3.61. The molecule has 1 heterocycles. The summed E-state index contributed by atoms with van der Waals surface area (Å²) in [5, 5.41) is 0. The predicted molar refractivity (Wildman–Crippen MR) is 90.0 cm³/mol. The second-order valence-electron chi connectivity index (χ2n) is 5.58. The Balaban J connectivity index is 1.82. The number of imide groups is 1. The summed E-state index contributed by atoms with van der Waals surface area (Å²) in [6.45, 7) is 0. The van der Waals surface area contributed by atoms with Gasteiger partial charge in [-0.25, -0.2) is 12.8 Å². The van der Waals surface area contributed by atoms with Gasteiger partial charge in [-0.1, -0.05) is 0 Å². The van der Waals surface area contributed by atoms with Crippen molar-refractivity contribution in [2.75, 3.05) is 9.62 Å². The molecule has 1 aliphatic heterocycles. The van der Waals surface area contributed by atoms with Crippen molar-refractivity contribution in [3.63, 3.8) is 0 Å². The summed E-state index contributed by atoms with van der Waals surface area (Å²) in [6, 6.07) is 10.4. The quantitative estimate of drug-likeness (QED) is 0.848. The van der Waals surface area contributed by atoms with Gasteiger partial charge >= 0.3 is 0 Å². The summed E-state index contributed by atoms with van der Waals surface area (Å²) >= 11 is 0. The van der Waals surface area contributed by atoms with Crippen LogP contribution in [0.15, 0.2) is 53.4 Å². The molecular formula is C17H15FN2O4S. The Morgan fingerprint density at radius 1 is 0.880 bits per heavy atom. The van der Waals surface area contributed by atoms with Crippen LogP contribution in [0.3, 0.4) is 0 Å². The molecule has 0 spiro atoms. The summed E-state index contributed by atoms with van der Waals surface area (Å²) in [5.74, 6) is -1.06. The maximum atomic E-state index is 12.9. The van der Waals surface area contributed by atoms with Crippen molar-refractivity contribution in [3.05, 3.63) is 54.3 Å². The highest BCUT2D eigenvalue weighted by molar-refractivity contribution is 7.92. The van der Waals surface area contributed by atoms with E-state index in [9.17, 15) is 22.4 Å².